The Kier molecular flexibility index (Phi) is 4.01. The van der Waals surface area contributed by atoms with Crippen molar-refractivity contribution in [2.75, 3.05) is 6.54 Å². The molecule has 110 valence electrons. The van der Waals surface area contributed by atoms with Gasteiger partial charge < -0.3 is 10.2 Å². The fourth-order valence-corrected chi connectivity index (χ4v) is 4.22. The van der Waals surface area contributed by atoms with Gasteiger partial charge in [-0.15, -0.1) is 0 Å². The molecule has 0 aliphatic carbocycles. The van der Waals surface area contributed by atoms with Gasteiger partial charge in [0.15, 0.2) is 0 Å². The molecule has 2 atom stereocenters. The second-order valence-corrected chi connectivity index (χ2v) is 6.66. The van der Waals surface area contributed by atoms with Gasteiger partial charge in [0.2, 0.25) is 10.0 Å². The molecule has 1 saturated heterocycles. The predicted molar refractivity (Wildman–Crippen MR) is 67.3 cm³/mol. The minimum Gasteiger partial charge on any atom is -0.480 e. The number of aliphatic hydroxyl groups excluding tert-OH is 1. The lowest BCUT2D eigenvalue weighted by atomic mass is 10.2. The van der Waals surface area contributed by atoms with Crippen LogP contribution in [-0.2, 0) is 14.8 Å². The van der Waals surface area contributed by atoms with Crippen molar-refractivity contribution in [2.24, 2.45) is 0 Å². The quantitative estimate of drug-likeness (QED) is 0.853. The van der Waals surface area contributed by atoms with Crippen molar-refractivity contribution in [3.05, 3.63) is 29.0 Å². The minimum absolute atomic E-state index is 0.201. The molecule has 0 amide bonds. The first-order chi connectivity index (χ1) is 9.23. The van der Waals surface area contributed by atoms with Crippen molar-refractivity contribution >= 4 is 27.6 Å². The van der Waals surface area contributed by atoms with E-state index in [4.69, 9.17) is 16.7 Å². The normalized spacial score (nSPS) is 23.9. The number of β-amino-alcohol motifs (C(OH)–C–C–N with tert-alkyl or cyclic N) is 1. The Morgan fingerprint density at radius 1 is 1.45 bits per heavy atom. The summed E-state index contributed by atoms with van der Waals surface area (Å²) in [5.41, 5.74) is 0. The van der Waals surface area contributed by atoms with E-state index in [9.17, 15) is 22.7 Å². The Bertz CT molecular complexity index is 650. The van der Waals surface area contributed by atoms with Crippen LogP contribution in [0.25, 0.3) is 0 Å². The van der Waals surface area contributed by atoms with Crippen molar-refractivity contribution < 1.29 is 27.8 Å². The van der Waals surface area contributed by atoms with Crippen LogP contribution >= 0.6 is 11.6 Å². The second-order valence-electron chi connectivity index (χ2n) is 4.39. The van der Waals surface area contributed by atoms with Crippen LogP contribution in [0.1, 0.15) is 6.42 Å². The summed E-state index contributed by atoms with van der Waals surface area (Å²) in [5, 5.41) is 18.2. The zero-order valence-corrected chi connectivity index (χ0v) is 11.6. The van der Waals surface area contributed by atoms with E-state index in [1.165, 1.54) is 0 Å². The Morgan fingerprint density at radius 3 is 2.65 bits per heavy atom. The molecule has 0 bridgehead atoms. The van der Waals surface area contributed by atoms with Crippen LogP contribution in [0.5, 0.6) is 0 Å². The molecule has 1 aliphatic heterocycles. The van der Waals surface area contributed by atoms with Crippen molar-refractivity contribution in [1.29, 1.82) is 0 Å². The Balaban J connectivity index is 2.46. The molecule has 20 heavy (non-hydrogen) atoms. The van der Waals surface area contributed by atoms with Gasteiger partial charge in [-0.25, -0.2) is 12.8 Å². The first-order valence-electron chi connectivity index (χ1n) is 5.61. The number of aliphatic hydroxyl groups is 1. The van der Waals surface area contributed by atoms with Crippen molar-refractivity contribution in [1.82, 2.24) is 4.31 Å². The topological polar surface area (TPSA) is 94.9 Å². The molecule has 2 unspecified atom stereocenters. The van der Waals surface area contributed by atoms with Crippen LogP contribution in [0, 0.1) is 5.82 Å². The van der Waals surface area contributed by atoms with E-state index in [1.807, 2.05) is 0 Å². The zero-order valence-electron chi connectivity index (χ0n) is 10.0. The van der Waals surface area contributed by atoms with Crippen LogP contribution < -0.4 is 0 Å². The molecule has 1 aromatic rings. The molecule has 1 aliphatic rings. The third-order valence-electron chi connectivity index (χ3n) is 3.00. The number of halogens is 2. The van der Waals surface area contributed by atoms with Crippen molar-refractivity contribution in [2.45, 2.75) is 23.5 Å². The number of hydrogen-bond acceptors (Lipinski definition) is 4. The molecule has 0 spiro atoms. The van der Waals surface area contributed by atoms with Gasteiger partial charge in [-0.2, -0.15) is 4.31 Å². The van der Waals surface area contributed by atoms with E-state index in [1.54, 1.807) is 0 Å². The van der Waals surface area contributed by atoms with E-state index in [2.05, 4.69) is 0 Å². The lowest BCUT2D eigenvalue weighted by molar-refractivity contribution is -0.140. The maximum absolute atomic E-state index is 13.0. The smallest absolute Gasteiger partial charge is 0.322 e. The van der Waals surface area contributed by atoms with Gasteiger partial charge in [-0.05, 0) is 18.2 Å². The number of nitrogens with zero attached hydrogens (tertiary/aromatic N) is 1. The van der Waals surface area contributed by atoms with Crippen LogP contribution in [0.2, 0.25) is 5.02 Å². The highest BCUT2D eigenvalue weighted by Gasteiger charge is 2.44. The maximum Gasteiger partial charge on any atom is 0.322 e. The summed E-state index contributed by atoms with van der Waals surface area (Å²) >= 11 is 5.70. The average molecular weight is 324 g/mol. The number of benzene rings is 1. The van der Waals surface area contributed by atoms with Gasteiger partial charge >= 0.3 is 5.97 Å². The van der Waals surface area contributed by atoms with Crippen LogP contribution in [0.15, 0.2) is 23.1 Å². The van der Waals surface area contributed by atoms with E-state index in [-0.39, 0.29) is 22.9 Å². The summed E-state index contributed by atoms with van der Waals surface area (Å²) < 4.78 is 38.4. The monoisotopic (exact) mass is 323 g/mol. The predicted octanol–water partition coefficient (Wildman–Crippen LogP) is 0.688. The van der Waals surface area contributed by atoms with Gasteiger partial charge in [0.05, 0.1) is 11.1 Å². The van der Waals surface area contributed by atoms with E-state index >= 15 is 0 Å². The number of carbonyl (C=O) groups is 1. The fraction of sp³-hybridized carbons (Fsp3) is 0.364. The second kappa shape index (κ2) is 5.28. The summed E-state index contributed by atoms with van der Waals surface area (Å²) in [5.74, 6) is -2.06. The lowest BCUT2D eigenvalue weighted by Crippen LogP contribution is -2.40. The maximum atomic E-state index is 13.0. The highest BCUT2D eigenvalue weighted by molar-refractivity contribution is 7.89. The summed E-state index contributed by atoms with van der Waals surface area (Å²) in [6, 6.07) is 1.35. The van der Waals surface area contributed by atoms with E-state index in [0.717, 1.165) is 18.2 Å². The lowest BCUT2D eigenvalue weighted by Gasteiger charge is -2.21. The molecule has 0 radical (unpaired) electrons. The summed E-state index contributed by atoms with van der Waals surface area (Å²) in [7, 11) is -4.22. The highest BCUT2D eigenvalue weighted by Crippen LogP contribution is 2.30. The zero-order chi connectivity index (χ0) is 15.1. The third kappa shape index (κ3) is 2.64. The molecule has 0 saturated carbocycles. The molecular formula is C11H11ClFNO5S. The van der Waals surface area contributed by atoms with Gasteiger partial charge in [-0.3, -0.25) is 4.79 Å². The summed E-state index contributed by atoms with van der Waals surface area (Å²) in [6.07, 6.45) is -1.27. The number of carboxylic acid groups (broad SMARTS) is 1. The first kappa shape index (κ1) is 15.2. The molecule has 1 fully saturated rings. The number of carboxylic acids is 1. The van der Waals surface area contributed by atoms with Crippen LogP contribution in [-0.4, -0.2) is 47.6 Å². The Hall–Kier alpha value is -1.22. The molecule has 6 nitrogen and oxygen atoms in total. The Morgan fingerprint density at radius 2 is 2.10 bits per heavy atom. The van der Waals surface area contributed by atoms with Crippen molar-refractivity contribution in [3.8, 4) is 0 Å². The van der Waals surface area contributed by atoms with Crippen LogP contribution in [0.3, 0.4) is 0 Å². The molecule has 1 heterocycles. The van der Waals surface area contributed by atoms with Crippen molar-refractivity contribution in [3.63, 3.8) is 0 Å². The molecular weight excluding hydrogens is 313 g/mol. The molecule has 0 aromatic heterocycles. The summed E-state index contributed by atoms with van der Waals surface area (Å²) in [4.78, 5) is 10.7. The molecule has 2 N–H and O–H groups in total. The van der Waals surface area contributed by atoms with Gasteiger partial charge in [0.25, 0.3) is 0 Å². The number of aliphatic carboxylic acids is 1. The average Bonchev–Trinajstić information content (AvgIpc) is 2.71. The van der Waals surface area contributed by atoms with Gasteiger partial charge in [0.1, 0.15) is 16.8 Å². The SMILES string of the molecule is O=C(O)C1CC(O)CN1S(=O)(=O)c1ccc(F)cc1Cl. The van der Waals surface area contributed by atoms with E-state index < -0.39 is 34.0 Å². The standard InChI is InChI=1S/C11H11ClFNO5S/c12-8-3-6(13)1-2-10(8)20(18,19)14-5-7(15)4-9(14)11(16)17/h1-3,7,9,15H,4-5H2,(H,16,17). The Labute approximate surface area is 119 Å². The van der Waals surface area contributed by atoms with Crippen LogP contribution in [0.4, 0.5) is 4.39 Å². The number of sulfonamides is 1. The van der Waals surface area contributed by atoms with E-state index in [0.29, 0.717) is 4.31 Å². The fourth-order valence-electron chi connectivity index (χ4n) is 2.09. The molecule has 9 heteroatoms. The summed E-state index contributed by atoms with van der Waals surface area (Å²) in [6.45, 7) is -0.340. The molecule has 2 rings (SSSR count). The first-order valence-corrected chi connectivity index (χ1v) is 7.43. The number of hydrogen-bond donors (Lipinski definition) is 2. The third-order valence-corrected chi connectivity index (χ3v) is 5.36. The highest BCUT2D eigenvalue weighted by atomic mass is 35.5. The van der Waals surface area contributed by atoms with Gasteiger partial charge in [0, 0.05) is 13.0 Å². The number of rotatable bonds is 3. The minimum atomic E-state index is -4.22. The largest absolute Gasteiger partial charge is 0.480 e. The van der Waals surface area contributed by atoms with Gasteiger partial charge in [-0.1, -0.05) is 11.6 Å². The molecule has 1 aromatic carbocycles.